The quantitative estimate of drug-likeness (QED) is 0.855. The van der Waals surface area contributed by atoms with Gasteiger partial charge in [0, 0.05) is 6.42 Å². The van der Waals surface area contributed by atoms with Gasteiger partial charge in [-0.1, -0.05) is 6.92 Å². The van der Waals surface area contributed by atoms with Crippen molar-refractivity contribution in [2.75, 3.05) is 0 Å². The molecule has 90 valence electrons. The van der Waals surface area contributed by atoms with E-state index in [0.29, 0.717) is 15.7 Å². The lowest BCUT2D eigenvalue weighted by molar-refractivity contribution is -0.134. The summed E-state index contributed by atoms with van der Waals surface area (Å²) in [5.41, 5.74) is 0.172. The molecule has 1 aromatic rings. The monoisotopic (exact) mass is 346 g/mol. The van der Waals surface area contributed by atoms with E-state index in [9.17, 15) is 18.0 Å². The van der Waals surface area contributed by atoms with E-state index in [-0.39, 0.29) is 17.8 Å². The Morgan fingerprint density at radius 1 is 1.44 bits per heavy atom. The van der Waals surface area contributed by atoms with Crippen molar-refractivity contribution in [1.82, 2.24) is 9.97 Å². The normalized spacial score (nSPS) is 11.8. The summed E-state index contributed by atoms with van der Waals surface area (Å²) in [7, 11) is 0. The number of nitrogens with one attached hydrogen (secondary N) is 1. The first-order valence-electron chi connectivity index (χ1n) is 4.68. The maximum absolute atomic E-state index is 12.0. The molecule has 7 heteroatoms. The molecule has 3 nitrogen and oxygen atoms in total. The Bertz CT molecular complexity index is 428. The van der Waals surface area contributed by atoms with Crippen LogP contribution in [0.5, 0.6) is 0 Å². The Labute approximate surface area is 104 Å². The number of hydrogen-bond donors (Lipinski definition) is 1. The number of alkyl halides is 3. The summed E-state index contributed by atoms with van der Waals surface area (Å²) < 4.78 is 36.4. The lowest BCUT2D eigenvalue weighted by Crippen LogP contribution is -2.19. The van der Waals surface area contributed by atoms with E-state index in [0.717, 1.165) is 0 Å². The minimum atomic E-state index is -4.23. The molecule has 1 aromatic heterocycles. The molecular weight excluding hydrogens is 336 g/mol. The lowest BCUT2D eigenvalue weighted by atomic mass is 10.2. The molecule has 0 aliphatic rings. The zero-order chi connectivity index (χ0) is 12.3. The Hall–Kier alpha value is -0.600. The third-order valence-corrected chi connectivity index (χ3v) is 3.07. The SMILES string of the molecule is CCc1nc(CCC(F)(F)F)[nH]c(=O)c1I. The number of halogens is 4. The van der Waals surface area contributed by atoms with E-state index < -0.39 is 12.6 Å². The molecule has 0 unspecified atom stereocenters. The van der Waals surface area contributed by atoms with Crippen molar-refractivity contribution in [2.24, 2.45) is 0 Å². The van der Waals surface area contributed by atoms with E-state index in [2.05, 4.69) is 9.97 Å². The Morgan fingerprint density at radius 2 is 2.06 bits per heavy atom. The molecular formula is C9H10F3IN2O. The van der Waals surface area contributed by atoms with Gasteiger partial charge in [-0.25, -0.2) is 4.98 Å². The molecule has 0 bridgehead atoms. The molecule has 0 aromatic carbocycles. The van der Waals surface area contributed by atoms with Crippen molar-refractivity contribution in [2.45, 2.75) is 32.4 Å². The number of aromatic amines is 1. The van der Waals surface area contributed by atoms with Crippen LogP contribution in [0, 0.1) is 3.57 Å². The second kappa shape index (κ2) is 5.15. The van der Waals surface area contributed by atoms with Crippen LogP contribution in [-0.4, -0.2) is 16.1 Å². The van der Waals surface area contributed by atoms with Crippen LogP contribution in [0.4, 0.5) is 13.2 Å². The van der Waals surface area contributed by atoms with Crippen LogP contribution in [0.1, 0.15) is 24.9 Å². The molecule has 0 atom stereocenters. The number of aryl methyl sites for hydroxylation is 2. The fourth-order valence-corrected chi connectivity index (χ4v) is 1.81. The van der Waals surface area contributed by atoms with Gasteiger partial charge in [0.2, 0.25) is 0 Å². The summed E-state index contributed by atoms with van der Waals surface area (Å²) in [4.78, 5) is 17.7. The minimum absolute atomic E-state index is 0.0968. The molecule has 0 aliphatic heterocycles. The van der Waals surface area contributed by atoms with Crippen molar-refractivity contribution in [3.05, 3.63) is 25.4 Å². The molecule has 1 heterocycles. The van der Waals surface area contributed by atoms with Crippen LogP contribution < -0.4 is 5.56 Å². The largest absolute Gasteiger partial charge is 0.389 e. The maximum Gasteiger partial charge on any atom is 0.389 e. The average molecular weight is 346 g/mol. The summed E-state index contributed by atoms with van der Waals surface area (Å²) in [6.07, 6.45) is -4.96. The zero-order valence-electron chi connectivity index (χ0n) is 8.49. The first-order chi connectivity index (χ1) is 7.33. The summed E-state index contributed by atoms with van der Waals surface area (Å²) in [6.45, 7) is 1.80. The smallest absolute Gasteiger partial charge is 0.310 e. The maximum atomic E-state index is 12.0. The summed E-state index contributed by atoms with van der Waals surface area (Å²) in [6, 6.07) is 0. The van der Waals surface area contributed by atoms with E-state index in [1.54, 1.807) is 6.92 Å². The van der Waals surface area contributed by atoms with E-state index in [1.807, 2.05) is 22.6 Å². The number of aromatic nitrogens is 2. The lowest BCUT2D eigenvalue weighted by Gasteiger charge is -2.07. The van der Waals surface area contributed by atoms with Gasteiger partial charge >= 0.3 is 6.18 Å². The van der Waals surface area contributed by atoms with Gasteiger partial charge in [-0.15, -0.1) is 0 Å². The fourth-order valence-electron chi connectivity index (χ4n) is 1.17. The third kappa shape index (κ3) is 3.76. The van der Waals surface area contributed by atoms with Crippen LogP contribution in [0.3, 0.4) is 0 Å². The topological polar surface area (TPSA) is 45.8 Å². The van der Waals surface area contributed by atoms with Crippen molar-refractivity contribution in [3.63, 3.8) is 0 Å². The second-order valence-electron chi connectivity index (χ2n) is 3.24. The van der Waals surface area contributed by atoms with Crippen molar-refractivity contribution in [1.29, 1.82) is 0 Å². The molecule has 1 rings (SSSR count). The predicted molar refractivity (Wildman–Crippen MR) is 61.3 cm³/mol. The highest BCUT2D eigenvalue weighted by atomic mass is 127. The van der Waals surface area contributed by atoms with Gasteiger partial charge < -0.3 is 4.98 Å². The number of hydrogen-bond acceptors (Lipinski definition) is 2. The Balaban J connectivity index is 2.91. The van der Waals surface area contributed by atoms with Crippen molar-refractivity contribution < 1.29 is 13.2 Å². The van der Waals surface area contributed by atoms with Gasteiger partial charge in [0.1, 0.15) is 5.82 Å². The molecule has 0 aliphatic carbocycles. The van der Waals surface area contributed by atoms with Gasteiger partial charge in [-0.2, -0.15) is 13.2 Å². The van der Waals surface area contributed by atoms with Crippen LogP contribution >= 0.6 is 22.6 Å². The van der Waals surface area contributed by atoms with Crippen LogP contribution in [-0.2, 0) is 12.8 Å². The number of rotatable bonds is 3. The number of H-pyrrole nitrogens is 1. The Kier molecular flexibility index (Phi) is 4.34. The summed E-state index contributed by atoms with van der Waals surface area (Å²) >= 11 is 1.84. The van der Waals surface area contributed by atoms with Gasteiger partial charge in [0.05, 0.1) is 15.7 Å². The van der Waals surface area contributed by atoms with E-state index >= 15 is 0 Å². The van der Waals surface area contributed by atoms with Gasteiger partial charge in [-0.3, -0.25) is 4.79 Å². The van der Waals surface area contributed by atoms with E-state index in [1.165, 1.54) is 0 Å². The van der Waals surface area contributed by atoms with Crippen molar-refractivity contribution in [3.8, 4) is 0 Å². The first-order valence-corrected chi connectivity index (χ1v) is 5.75. The first kappa shape index (κ1) is 13.5. The molecule has 0 saturated heterocycles. The molecule has 0 amide bonds. The standard InChI is InChI=1S/C9H10F3IN2O/c1-2-5-7(13)8(16)15-6(14-5)3-4-9(10,11)12/h2-4H2,1H3,(H,14,15,16). The molecule has 0 radical (unpaired) electrons. The van der Waals surface area contributed by atoms with Gasteiger partial charge in [-0.05, 0) is 29.0 Å². The van der Waals surface area contributed by atoms with Crippen LogP contribution in [0.15, 0.2) is 4.79 Å². The van der Waals surface area contributed by atoms with Crippen molar-refractivity contribution >= 4 is 22.6 Å². The molecule has 0 fully saturated rings. The highest BCUT2D eigenvalue weighted by Crippen LogP contribution is 2.21. The summed E-state index contributed by atoms with van der Waals surface area (Å²) in [5.74, 6) is 0.0968. The molecule has 0 saturated carbocycles. The van der Waals surface area contributed by atoms with Gasteiger partial charge in [0.25, 0.3) is 5.56 Å². The highest BCUT2D eigenvalue weighted by Gasteiger charge is 2.27. The molecule has 16 heavy (non-hydrogen) atoms. The van der Waals surface area contributed by atoms with Gasteiger partial charge in [0.15, 0.2) is 0 Å². The summed E-state index contributed by atoms with van der Waals surface area (Å²) in [5, 5.41) is 0. The third-order valence-electron chi connectivity index (χ3n) is 1.96. The minimum Gasteiger partial charge on any atom is -0.310 e. The Morgan fingerprint density at radius 3 is 2.56 bits per heavy atom. The number of nitrogens with zero attached hydrogens (tertiary/aromatic N) is 1. The van der Waals surface area contributed by atoms with Crippen LogP contribution in [0.2, 0.25) is 0 Å². The van der Waals surface area contributed by atoms with Crippen LogP contribution in [0.25, 0.3) is 0 Å². The van der Waals surface area contributed by atoms with E-state index in [4.69, 9.17) is 0 Å². The zero-order valence-corrected chi connectivity index (χ0v) is 10.6. The average Bonchev–Trinajstić information content (AvgIpc) is 2.18. The molecule has 0 spiro atoms. The predicted octanol–water partition coefficient (Wildman–Crippen LogP) is 2.43. The molecule has 1 N–H and O–H groups in total. The highest BCUT2D eigenvalue weighted by molar-refractivity contribution is 14.1. The fraction of sp³-hybridized carbons (Fsp3) is 0.556. The second-order valence-corrected chi connectivity index (χ2v) is 4.32.